The molecule has 2 atom stereocenters. The summed E-state index contributed by atoms with van der Waals surface area (Å²) in [7, 11) is 4.00. The second-order valence-electron chi connectivity index (χ2n) is 6.10. The molecule has 1 aromatic heterocycles. The molecule has 114 valence electrons. The molecule has 2 unspecified atom stereocenters. The second kappa shape index (κ2) is 5.97. The van der Waals surface area contributed by atoms with Crippen molar-refractivity contribution in [2.75, 3.05) is 19.4 Å². The summed E-state index contributed by atoms with van der Waals surface area (Å²) in [6.45, 7) is 0. The van der Waals surface area contributed by atoms with Crippen LogP contribution in [0.2, 0.25) is 0 Å². The van der Waals surface area contributed by atoms with Gasteiger partial charge in [-0.15, -0.1) is 10.2 Å². The second-order valence-corrected chi connectivity index (χ2v) is 6.10. The zero-order valence-electron chi connectivity index (χ0n) is 12.7. The van der Waals surface area contributed by atoms with Gasteiger partial charge in [0.1, 0.15) is 5.82 Å². The van der Waals surface area contributed by atoms with Crippen molar-refractivity contribution < 1.29 is 4.79 Å². The number of hydrogen-bond acceptors (Lipinski definition) is 5. The first kappa shape index (κ1) is 14.3. The standard InChI is InChI=1S/C15H23N5O/c1-16-14-7-6-13(18-19-14)15(21)17-10-8-11-4-3-5-12(9-10)20(11)2/h6-7,10-12H,3-5,8-9H2,1-2H3,(H,16,19)(H,17,21). The maximum Gasteiger partial charge on any atom is 0.272 e. The summed E-state index contributed by atoms with van der Waals surface area (Å²) in [4.78, 5) is 14.8. The molecule has 2 saturated heterocycles. The lowest BCUT2D eigenvalue weighted by molar-refractivity contribution is 0.0461. The number of carbonyl (C=O) groups is 1. The molecule has 2 aliphatic heterocycles. The fourth-order valence-corrected chi connectivity index (χ4v) is 3.58. The number of hydrogen-bond donors (Lipinski definition) is 2. The predicted octanol–water partition coefficient (Wildman–Crippen LogP) is 1.26. The number of rotatable bonds is 3. The Labute approximate surface area is 125 Å². The van der Waals surface area contributed by atoms with E-state index in [0.29, 0.717) is 23.6 Å². The van der Waals surface area contributed by atoms with Crippen LogP contribution in [0.1, 0.15) is 42.6 Å². The van der Waals surface area contributed by atoms with E-state index in [0.717, 1.165) is 12.8 Å². The van der Waals surface area contributed by atoms with Gasteiger partial charge in [-0.05, 0) is 44.9 Å². The van der Waals surface area contributed by atoms with Gasteiger partial charge in [0.05, 0.1) is 0 Å². The quantitative estimate of drug-likeness (QED) is 0.877. The molecule has 0 saturated carbocycles. The minimum atomic E-state index is -0.113. The third kappa shape index (κ3) is 3.00. The van der Waals surface area contributed by atoms with Gasteiger partial charge in [0, 0.05) is 25.2 Å². The molecule has 2 bridgehead atoms. The van der Waals surface area contributed by atoms with E-state index in [1.807, 2.05) is 0 Å². The van der Waals surface area contributed by atoms with E-state index in [2.05, 4.69) is 32.8 Å². The van der Waals surface area contributed by atoms with E-state index in [-0.39, 0.29) is 11.9 Å². The van der Waals surface area contributed by atoms with E-state index >= 15 is 0 Å². The van der Waals surface area contributed by atoms with Gasteiger partial charge in [-0.2, -0.15) is 0 Å². The van der Waals surface area contributed by atoms with Gasteiger partial charge in [-0.3, -0.25) is 4.79 Å². The summed E-state index contributed by atoms with van der Waals surface area (Å²) in [5, 5.41) is 13.9. The number of carbonyl (C=O) groups excluding carboxylic acids is 1. The van der Waals surface area contributed by atoms with E-state index < -0.39 is 0 Å². The fraction of sp³-hybridized carbons (Fsp3) is 0.667. The maximum atomic E-state index is 12.3. The van der Waals surface area contributed by atoms with Crippen molar-refractivity contribution in [1.29, 1.82) is 0 Å². The molecule has 2 aliphatic rings. The topological polar surface area (TPSA) is 70.2 Å². The minimum Gasteiger partial charge on any atom is -0.372 e. The molecule has 1 aromatic rings. The third-order valence-electron chi connectivity index (χ3n) is 4.83. The Hall–Kier alpha value is -1.69. The van der Waals surface area contributed by atoms with Crippen LogP contribution in [0.3, 0.4) is 0 Å². The molecular formula is C15H23N5O. The molecule has 2 N–H and O–H groups in total. The van der Waals surface area contributed by atoms with Crippen LogP contribution in [0, 0.1) is 0 Å². The van der Waals surface area contributed by atoms with Crippen LogP contribution >= 0.6 is 0 Å². The van der Waals surface area contributed by atoms with E-state index in [1.54, 1.807) is 19.2 Å². The van der Waals surface area contributed by atoms with Crippen molar-refractivity contribution in [2.24, 2.45) is 0 Å². The van der Waals surface area contributed by atoms with Crippen LogP contribution in [0.5, 0.6) is 0 Å². The Kier molecular flexibility index (Phi) is 4.05. The average Bonchev–Trinajstić information content (AvgIpc) is 2.48. The van der Waals surface area contributed by atoms with E-state index in [9.17, 15) is 4.79 Å². The van der Waals surface area contributed by atoms with Crippen LogP contribution in [0.15, 0.2) is 12.1 Å². The molecule has 0 radical (unpaired) electrons. The van der Waals surface area contributed by atoms with Gasteiger partial charge in [0.15, 0.2) is 5.69 Å². The summed E-state index contributed by atoms with van der Waals surface area (Å²) < 4.78 is 0. The molecule has 3 heterocycles. The molecule has 6 nitrogen and oxygen atoms in total. The summed E-state index contributed by atoms with van der Waals surface area (Å²) in [5.41, 5.74) is 0.387. The molecular weight excluding hydrogens is 266 g/mol. The molecule has 6 heteroatoms. The number of piperidine rings is 2. The van der Waals surface area contributed by atoms with Gasteiger partial charge in [-0.1, -0.05) is 6.42 Å². The Balaban J connectivity index is 1.62. The van der Waals surface area contributed by atoms with Crippen molar-refractivity contribution in [3.8, 4) is 0 Å². The average molecular weight is 289 g/mol. The highest BCUT2D eigenvalue weighted by Gasteiger charge is 2.36. The Morgan fingerprint density at radius 1 is 1.24 bits per heavy atom. The van der Waals surface area contributed by atoms with Crippen molar-refractivity contribution >= 4 is 11.7 Å². The zero-order chi connectivity index (χ0) is 14.8. The van der Waals surface area contributed by atoms with Crippen LogP contribution in [-0.4, -0.2) is 53.2 Å². The number of anilines is 1. The molecule has 21 heavy (non-hydrogen) atoms. The number of nitrogens with one attached hydrogen (secondary N) is 2. The Morgan fingerprint density at radius 3 is 2.52 bits per heavy atom. The third-order valence-corrected chi connectivity index (χ3v) is 4.83. The summed E-state index contributed by atoms with van der Waals surface area (Å²) in [5.74, 6) is 0.554. The van der Waals surface area contributed by atoms with Gasteiger partial charge in [-0.25, -0.2) is 0 Å². The smallest absolute Gasteiger partial charge is 0.272 e. The minimum absolute atomic E-state index is 0.113. The Bertz CT molecular complexity index is 489. The van der Waals surface area contributed by atoms with Gasteiger partial charge in [0.25, 0.3) is 5.91 Å². The first-order valence-corrected chi connectivity index (χ1v) is 7.71. The van der Waals surface area contributed by atoms with Crippen LogP contribution < -0.4 is 10.6 Å². The predicted molar refractivity (Wildman–Crippen MR) is 81.3 cm³/mol. The normalized spacial score (nSPS) is 29.0. The largest absolute Gasteiger partial charge is 0.372 e. The van der Waals surface area contributed by atoms with Crippen LogP contribution in [0.4, 0.5) is 5.82 Å². The molecule has 0 spiro atoms. The highest BCUT2D eigenvalue weighted by atomic mass is 16.2. The van der Waals surface area contributed by atoms with Crippen molar-refractivity contribution in [1.82, 2.24) is 20.4 Å². The summed E-state index contributed by atoms with van der Waals surface area (Å²) in [6, 6.07) is 4.96. The highest BCUT2D eigenvalue weighted by molar-refractivity contribution is 5.92. The lowest BCUT2D eigenvalue weighted by atomic mass is 9.82. The lowest BCUT2D eigenvalue weighted by Gasteiger charge is -2.47. The molecule has 1 amide bonds. The first-order chi connectivity index (χ1) is 10.2. The number of amides is 1. The fourth-order valence-electron chi connectivity index (χ4n) is 3.58. The summed E-state index contributed by atoms with van der Waals surface area (Å²) in [6.07, 6.45) is 5.89. The van der Waals surface area contributed by atoms with E-state index in [1.165, 1.54) is 19.3 Å². The SMILES string of the molecule is CNc1ccc(C(=O)NC2CC3CCCC(C2)N3C)nn1. The number of nitrogens with zero attached hydrogens (tertiary/aromatic N) is 3. The molecule has 0 aromatic carbocycles. The lowest BCUT2D eigenvalue weighted by Crippen LogP contribution is -2.55. The van der Waals surface area contributed by atoms with Crippen molar-refractivity contribution in [2.45, 2.75) is 50.2 Å². The van der Waals surface area contributed by atoms with Crippen LogP contribution in [-0.2, 0) is 0 Å². The van der Waals surface area contributed by atoms with Gasteiger partial charge >= 0.3 is 0 Å². The van der Waals surface area contributed by atoms with Crippen molar-refractivity contribution in [3.05, 3.63) is 17.8 Å². The maximum absolute atomic E-state index is 12.3. The molecule has 0 aliphatic carbocycles. The van der Waals surface area contributed by atoms with Gasteiger partial charge < -0.3 is 15.5 Å². The van der Waals surface area contributed by atoms with E-state index in [4.69, 9.17) is 0 Å². The Morgan fingerprint density at radius 2 is 1.95 bits per heavy atom. The number of aromatic nitrogens is 2. The zero-order valence-corrected chi connectivity index (χ0v) is 12.7. The van der Waals surface area contributed by atoms with Crippen LogP contribution in [0.25, 0.3) is 0 Å². The van der Waals surface area contributed by atoms with Gasteiger partial charge in [0.2, 0.25) is 0 Å². The molecule has 3 rings (SSSR count). The highest BCUT2D eigenvalue weighted by Crippen LogP contribution is 2.32. The summed E-state index contributed by atoms with van der Waals surface area (Å²) >= 11 is 0. The van der Waals surface area contributed by atoms with Crippen molar-refractivity contribution in [3.63, 3.8) is 0 Å². The number of fused-ring (bicyclic) bond motifs is 2. The molecule has 2 fully saturated rings. The first-order valence-electron chi connectivity index (χ1n) is 7.71. The monoisotopic (exact) mass is 289 g/mol.